The molecule has 0 fully saturated rings. The summed E-state index contributed by atoms with van der Waals surface area (Å²) in [4.78, 5) is 22.0. The first kappa shape index (κ1) is 13.5. The van der Waals surface area contributed by atoms with Gasteiger partial charge in [0.05, 0.1) is 0 Å². The molecule has 92 valence electrons. The highest BCUT2D eigenvalue weighted by Gasteiger charge is 2.14. The number of carboxylic acids is 1. The minimum Gasteiger partial charge on any atom is -0.480 e. The summed E-state index contributed by atoms with van der Waals surface area (Å²) in [6.07, 6.45) is 0. The Balaban J connectivity index is 2.65. The van der Waals surface area contributed by atoms with Gasteiger partial charge in [-0.15, -0.1) is 0 Å². The van der Waals surface area contributed by atoms with Gasteiger partial charge in [0.15, 0.2) is 0 Å². The van der Waals surface area contributed by atoms with Gasteiger partial charge in [0, 0.05) is 10.2 Å². The number of carboxylic acid groups (broad SMARTS) is 1. The van der Waals surface area contributed by atoms with Crippen LogP contribution in [0.2, 0.25) is 0 Å². The predicted molar refractivity (Wildman–Crippen MR) is 68.1 cm³/mol. The van der Waals surface area contributed by atoms with Crippen molar-refractivity contribution in [1.29, 1.82) is 0 Å². The Morgan fingerprint density at radius 2 is 2.06 bits per heavy atom. The highest BCUT2D eigenvalue weighted by atomic mass is 79.9. The molecule has 3 N–H and O–H groups in total. The van der Waals surface area contributed by atoms with Crippen LogP contribution in [0.5, 0.6) is 0 Å². The van der Waals surface area contributed by atoms with E-state index in [1.54, 1.807) is 12.1 Å². The van der Waals surface area contributed by atoms with E-state index < -0.39 is 18.0 Å². The Morgan fingerprint density at radius 3 is 2.59 bits per heavy atom. The first-order valence-electron chi connectivity index (χ1n) is 4.96. The summed E-state index contributed by atoms with van der Waals surface area (Å²) in [5.41, 5.74) is 1.53. The second kappa shape index (κ2) is 5.67. The molecule has 0 saturated carbocycles. The minimum absolute atomic E-state index is 0.537. The lowest BCUT2D eigenvalue weighted by molar-refractivity contribution is -0.138. The van der Waals surface area contributed by atoms with E-state index in [2.05, 4.69) is 26.6 Å². The quantitative estimate of drug-likeness (QED) is 0.802. The van der Waals surface area contributed by atoms with Crippen LogP contribution in [0.3, 0.4) is 0 Å². The summed E-state index contributed by atoms with van der Waals surface area (Å²) in [6, 6.07) is 3.93. The van der Waals surface area contributed by atoms with Gasteiger partial charge in [0.1, 0.15) is 6.04 Å². The number of carbonyl (C=O) groups is 2. The van der Waals surface area contributed by atoms with Gasteiger partial charge in [-0.05, 0) is 37.6 Å². The zero-order valence-electron chi connectivity index (χ0n) is 9.45. The van der Waals surface area contributed by atoms with Crippen LogP contribution >= 0.6 is 15.9 Å². The molecule has 0 aromatic heterocycles. The van der Waals surface area contributed by atoms with Crippen molar-refractivity contribution in [3.8, 4) is 0 Å². The minimum atomic E-state index is -1.08. The van der Waals surface area contributed by atoms with Gasteiger partial charge < -0.3 is 15.7 Å². The molecule has 0 aliphatic rings. The summed E-state index contributed by atoms with van der Waals surface area (Å²) < 4.78 is 0.917. The molecule has 1 aromatic rings. The third-order valence-electron chi connectivity index (χ3n) is 2.15. The molecule has 2 amide bonds. The highest BCUT2D eigenvalue weighted by Crippen LogP contribution is 2.19. The van der Waals surface area contributed by atoms with Crippen molar-refractivity contribution in [2.24, 2.45) is 0 Å². The van der Waals surface area contributed by atoms with E-state index in [9.17, 15) is 9.59 Å². The number of aliphatic carboxylic acids is 1. The van der Waals surface area contributed by atoms with Crippen LogP contribution in [-0.4, -0.2) is 23.1 Å². The summed E-state index contributed by atoms with van der Waals surface area (Å²) in [6.45, 7) is 3.25. The van der Waals surface area contributed by atoms with Crippen LogP contribution in [0.15, 0.2) is 22.7 Å². The van der Waals surface area contributed by atoms with Crippen LogP contribution in [0, 0.1) is 6.92 Å². The number of anilines is 1. The van der Waals surface area contributed by atoms with Crippen LogP contribution < -0.4 is 10.6 Å². The second-order valence-corrected chi connectivity index (χ2v) is 4.53. The highest BCUT2D eigenvalue weighted by molar-refractivity contribution is 9.10. The lowest BCUT2D eigenvalue weighted by Crippen LogP contribution is -2.40. The van der Waals surface area contributed by atoms with Gasteiger partial charge in [0.25, 0.3) is 0 Å². The van der Waals surface area contributed by atoms with Crippen molar-refractivity contribution >= 4 is 33.6 Å². The van der Waals surface area contributed by atoms with Gasteiger partial charge in [0.2, 0.25) is 0 Å². The fraction of sp³-hybridized carbons (Fsp3) is 0.273. The lowest BCUT2D eigenvalue weighted by Gasteiger charge is -2.12. The molecule has 0 radical (unpaired) electrons. The monoisotopic (exact) mass is 300 g/mol. The maximum absolute atomic E-state index is 11.5. The zero-order valence-corrected chi connectivity index (χ0v) is 11.0. The summed E-state index contributed by atoms with van der Waals surface area (Å²) in [5, 5.41) is 13.5. The topological polar surface area (TPSA) is 78.4 Å². The average Bonchev–Trinajstić information content (AvgIpc) is 2.22. The van der Waals surface area contributed by atoms with E-state index >= 15 is 0 Å². The van der Waals surface area contributed by atoms with Gasteiger partial charge in [-0.1, -0.05) is 15.9 Å². The molecule has 1 atom stereocenters. The van der Waals surface area contributed by atoms with Crippen LogP contribution in [0.1, 0.15) is 12.5 Å². The number of nitrogens with one attached hydrogen (secondary N) is 2. The Kier molecular flexibility index (Phi) is 4.51. The third-order valence-corrected chi connectivity index (χ3v) is 2.65. The smallest absolute Gasteiger partial charge is 0.325 e. The number of benzene rings is 1. The predicted octanol–water partition coefficient (Wildman–Crippen LogP) is 2.35. The number of urea groups is 1. The Labute approximate surface area is 107 Å². The largest absolute Gasteiger partial charge is 0.480 e. The summed E-state index contributed by atoms with van der Waals surface area (Å²) >= 11 is 3.32. The maximum atomic E-state index is 11.5. The molecule has 0 bridgehead atoms. The zero-order chi connectivity index (χ0) is 13.0. The first-order valence-corrected chi connectivity index (χ1v) is 5.76. The fourth-order valence-electron chi connectivity index (χ4n) is 1.18. The molecular weight excluding hydrogens is 288 g/mol. The summed E-state index contributed by atoms with van der Waals surface area (Å²) in [5.74, 6) is -1.08. The number of hydrogen-bond acceptors (Lipinski definition) is 2. The number of amides is 2. The summed E-state index contributed by atoms with van der Waals surface area (Å²) in [7, 11) is 0. The van der Waals surface area contributed by atoms with Crippen molar-refractivity contribution in [2.45, 2.75) is 19.9 Å². The molecule has 0 aliphatic heterocycles. The fourth-order valence-corrected chi connectivity index (χ4v) is 1.66. The molecule has 1 aromatic carbocycles. The average molecular weight is 301 g/mol. The molecular formula is C11H13BrN2O3. The van der Waals surface area contributed by atoms with E-state index in [4.69, 9.17) is 5.11 Å². The lowest BCUT2D eigenvalue weighted by atomic mass is 10.2. The third kappa shape index (κ3) is 4.07. The van der Waals surface area contributed by atoms with Crippen LogP contribution in [0.4, 0.5) is 10.5 Å². The van der Waals surface area contributed by atoms with E-state index in [1.165, 1.54) is 6.92 Å². The Morgan fingerprint density at radius 1 is 1.41 bits per heavy atom. The molecule has 0 heterocycles. The molecule has 1 rings (SSSR count). The van der Waals surface area contributed by atoms with E-state index in [0.717, 1.165) is 10.0 Å². The van der Waals surface area contributed by atoms with E-state index in [1.807, 2.05) is 13.0 Å². The maximum Gasteiger partial charge on any atom is 0.325 e. The van der Waals surface area contributed by atoms with Crippen LogP contribution in [0.25, 0.3) is 0 Å². The standard InChI is InChI=1S/C11H13BrN2O3/c1-6-5-8(12)3-4-9(6)14-11(17)13-7(2)10(15)16/h3-5,7H,1-2H3,(H,15,16)(H2,13,14,17)/t7-/m1/s1. The first-order chi connectivity index (χ1) is 7.90. The van der Waals surface area contributed by atoms with Crippen molar-refractivity contribution in [3.63, 3.8) is 0 Å². The Bertz CT molecular complexity index is 448. The van der Waals surface area contributed by atoms with Crippen molar-refractivity contribution in [1.82, 2.24) is 5.32 Å². The number of rotatable bonds is 3. The molecule has 17 heavy (non-hydrogen) atoms. The van der Waals surface area contributed by atoms with Gasteiger partial charge in [-0.2, -0.15) is 0 Å². The number of halogens is 1. The molecule has 0 unspecified atom stereocenters. The molecule has 0 saturated heterocycles. The Hall–Kier alpha value is -1.56. The molecule has 5 nitrogen and oxygen atoms in total. The normalized spacial score (nSPS) is 11.7. The van der Waals surface area contributed by atoms with Gasteiger partial charge in [-0.3, -0.25) is 4.79 Å². The van der Waals surface area contributed by atoms with E-state index in [-0.39, 0.29) is 0 Å². The SMILES string of the molecule is Cc1cc(Br)ccc1NC(=O)N[C@H](C)C(=O)O. The molecule has 0 aliphatic carbocycles. The van der Waals surface area contributed by atoms with Gasteiger partial charge >= 0.3 is 12.0 Å². The van der Waals surface area contributed by atoms with Crippen molar-refractivity contribution in [2.75, 3.05) is 5.32 Å². The number of hydrogen-bond donors (Lipinski definition) is 3. The van der Waals surface area contributed by atoms with Crippen LogP contribution in [-0.2, 0) is 4.79 Å². The van der Waals surface area contributed by atoms with Gasteiger partial charge in [-0.25, -0.2) is 4.79 Å². The molecule has 6 heteroatoms. The number of carbonyl (C=O) groups excluding carboxylic acids is 1. The number of aryl methyl sites for hydroxylation is 1. The van der Waals surface area contributed by atoms with Crippen molar-refractivity contribution < 1.29 is 14.7 Å². The van der Waals surface area contributed by atoms with Crippen molar-refractivity contribution in [3.05, 3.63) is 28.2 Å². The second-order valence-electron chi connectivity index (χ2n) is 3.62. The van der Waals surface area contributed by atoms with E-state index in [0.29, 0.717) is 5.69 Å². The molecule has 0 spiro atoms.